The first-order valence-corrected chi connectivity index (χ1v) is 5.83. The number of hydrogen-bond donors (Lipinski definition) is 2. The fourth-order valence-electron chi connectivity index (χ4n) is 1.15. The molecule has 0 saturated heterocycles. The first kappa shape index (κ1) is 12.9. The summed E-state index contributed by atoms with van der Waals surface area (Å²) >= 11 is 1.49. The van der Waals surface area contributed by atoms with Gasteiger partial charge in [0.2, 0.25) is 0 Å². The second-order valence-electron chi connectivity index (χ2n) is 3.17. The van der Waals surface area contributed by atoms with Gasteiger partial charge in [0.15, 0.2) is 0 Å². The van der Waals surface area contributed by atoms with Crippen molar-refractivity contribution >= 4 is 17.7 Å². The standard InChI is InChI=1S/C11H15NO3S/c1-12-10(11(13)14)7-16-9-5-3-4-8(6-9)15-2/h3-6,10,12H,7H2,1-2H3,(H,13,14). The van der Waals surface area contributed by atoms with E-state index in [1.807, 2.05) is 24.3 Å². The van der Waals surface area contributed by atoms with Crippen LogP contribution in [0, 0.1) is 0 Å². The molecule has 0 aliphatic heterocycles. The minimum Gasteiger partial charge on any atom is -0.497 e. The average molecular weight is 241 g/mol. The number of methoxy groups -OCH3 is 1. The Balaban J connectivity index is 2.56. The van der Waals surface area contributed by atoms with Crippen LogP contribution < -0.4 is 10.1 Å². The maximum absolute atomic E-state index is 10.8. The fourth-order valence-corrected chi connectivity index (χ4v) is 2.19. The van der Waals surface area contributed by atoms with Crippen molar-refractivity contribution < 1.29 is 14.6 Å². The highest BCUT2D eigenvalue weighted by atomic mass is 32.2. The molecule has 1 unspecified atom stereocenters. The van der Waals surface area contributed by atoms with Gasteiger partial charge in [-0.1, -0.05) is 6.07 Å². The van der Waals surface area contributed by atoms with Crippen LogP contribution in [0.3, 0.4) is 0 Å². The SMILES string of the molecule is CNC(CSc1cccc(OC)c1)C(=O)O. The molecule has 2 N–H and O–H groups in total. The summed E-state index contributed by atoms with van der Waals surface area (Å²) in [5.74, 6) is 0.429. The number of aliphatic carboxylic acids is 1. The van der Waals surface area contributed by atoms with Crippen molar-refractivity contribution in [2.24, 2.45) is 0 Å². The zero-order chi connectivity index (χ0) is 12.0. The van der Waals surface area contributed by atoms with Crippen molar-refractivity contribution in [3.63, 3.8) is 0 Å². The van der Waals surface area contributed by atoms with Gasteiger partial charge in [-0.25, -0.2) is 0 Å². The van der Waals surface area contributed by atoms with E-state index in [4.69, 9.17) is 9.84 Å². The van der Waals surface area contributed by atoms with E-state index in [-0.39, 0.29) is 0 Å². The van der Waals surface area contributed by atoms with Gasteiger partial charge in [0.25, 0.3) is 0 Å². The smallest absolute Gasteiger partial charge is 0.321 e. The molecule has 0 amide bonds. The summed E-state index contributed by atoms with van der Waals surface area (Å²) in [5.41, 5.74) is 0. The van der Waals surface area contributed by atoms with Gasteiger partial charge in [-0.05, 0) is 25.2 Å². The lowest BCUT2D eigenvalue weighted by Crippen LogP contribution is -2.35. The van der Waals surface area contributed by atoms with Gasteiger partial charge in [-0.2, -0.15) is 0 Å². The lowest BCUT2D eigenvalue weighted by Gasteiger charge is -2.10. The molecule has 0 fully saturated rings. The topological polar surface area (TPSA) is 58.6 Å². The number of benzene rings is 1. The van der Waals surface area contributed by atoms with Crippen LogP contribution >= 0.6 is 11.8 Å². The van der Waals surface area contributed by atoms with E-state index in [1.54, 1.807) is 14.2 Å². The van der Waals surface area contributed by atoms with Gasteiger partial charge in [0.1, 0.15) is 11.8 Å². The normalized spacial score (nSPS) is 12.1. The second-order valence-corrected chi connectivity index (χ2v) is 4.26. The molecule has 0 spiro atoms. The van der Waals surface area contributed by atoms with Crippen LogP contribution in [0.2, 0.25) is 0 Å². The molecule has 88 valence electrons. The van der Waals surface area contributed by atoms with Crippen molar-refractivity contribution in [2.45, 2.75) is 10.9 Å². The molecule has 5 heteroatoms. The highest BCUT2D eigenvalue weighted by Gasteiger charge is 2.14. The van der Waals surface area contributed by atoms with Crippen LogP contribution in [-0.2, 0) is 4.79 Å². The zero-order valence-electron chi connectivity index (χ0n) is 9.27. The van der Waals surface area contributed by atoms with Gasteiger partial charge in [-0.3, -0.25) is 4.79 Å². The van der Waals surface area contributed by atoms with E-state index < -0.39 is 12.0 Å². The predicted molar refractivity (Wildman–Crippen MR) is 64.2 cm³/mol. The van der Waals surface area contributed by atoms with Gasteiger partial charge in [-0.15, -0.1) is 11.8 Å². The predicted octanol–water partition coefficient (Wildman–Crippen LogP) is 1.46. The number of ether oxygens (including phenoxy) is 1. The van der Waals surface area contributed by atoms with Crippen LogP contribution in [0.25, 0.3) is 0 Å². The van der Waals surface area contributed by atoms with E-state index in [1.165, 1.54) is 11.8 Å². The third kappa shape index (κ3) is 3.75. The highest BCUT2D eigenvalue weighted by molar-refractivity contribution is 7.99. The first-order chi connectivity index (χ1) is 7.67. The van der Waals surface area contributed by atoms with Crippen LogP contribution in [0.15, 0.2) is 29.2 Å². The number of hydrogen-bond acceptors (Lipinski definition) is 4. The highest BCUT2D eigenvalue weighted by Crippen LogP contribution is 2.23. The van der Waals surface area contributed by atoms with Crippen LogP contribution in [0.5, 0.6) is 5.75 Å². The molecule has 1 aromatic rings. The number of carboxylic acid groups (broad SMARTS) is 1. The minimum absolute atomic E-state index is 0.485. The number of carbonyl (C=O) groups is 1. The van der Waals surface area contributed by atoms with Crippen LogP contribution in [0.4, 0.5) is 0 Å². The molecule has 0 saturated carbocycles. The number of thioether (sulfide) groups is 1. The molecule has 0 heterocycles. The van der Waals surface area contributed by atoms with Crippen molar-refractivity contribution in [3.8, 4) is 5.75 Å². The monoisotopic (exact) mass is 241 g/mol. The third-order valence-electron chi connectivity index (χ3n) is 2.10. The van der Waals surface area contributed by atoms with E-state index >= 15 is 0 Å². The molecule has 0 bridgehead atoms. The summed E-state index contributed by atoms with van der Waals surface area (Å²) in [6.07, 6.45) is 0. The molecule has 0 aromatic heterocycles. The van der Waals surface area contributed by atoms with E-state index in [0.29, 0.717) is 5.75 Å². The molecule has 1 atom stereocenters. The summed E-state index contributed by atoms with van der Waals surface area (Å²) < 4.78 is 5.09. The molecular weight excluding hydrogens is 226 g/mol. The van der Waals surface area contributed by atoms with Gasteiger partial charge < -0.3 is 15.2 Å². The Hall–Kier alpha value is -1.20. The van der Waals surface area contributed by atoms with Crippen LogP contribution in [-0.4, -0.2) is 37.0 Å². The lowest BCUT2D eigenvalue weighted by molar-refractivity contribution is -0.138. The number of nitrogens with one attached hydrogen (secondary N) is 1. The third-order valence-corrected chi connectivity index (χ3v) is 3.19. The summed E-state index contributed by atoms with van der Waals surface area (Å²) in [6.45, 7) is 0. The molecule has 4 nitrogen and oxygen atoms in total. The average Bonchev–Trinajstić information content (AvgIpc) is 2.29. The maximum Gasteiger partial charge on any atom is 0.321 e. The first-order valence-electron chi connectivity index (χ1n) is 4.84. The molecule has 16 heavy (non-hydrogen) atoms. The van der Waals surface area contributed by atoms with Gasteiger partial charge in [0.05, 0.1) is 7.11 Å². The summed E-state index contributed by atoms with van der Waals surface area (Å²) in [5, 5.41) is 11.6. The van der Waals surface area contributed by atoms with Crippen molar-refractivity contribution in [1.82, 2.24) is 5.32 Å². The molecule has 0 radical (unpaired) electrons. The molecular formula is C11H15NO3S. The van der Waals surface area contributed by atoms with E-state index in [0.717, 1.165) is 10.6 Å². The molecule has 1 aromatic carbocycles. The van der Waals surface area contributed by atoms with Crippen molar-refractivity contribution in [1.29, 1.82) is 0 Å². The van der Waals surface area contributed by atoms with Crippen molar-refractivity contribution in [3.05, 3.63) is 24.3 Å². The Kier molecular flexibility index (Phi) is 5.14. The molecule has 0 aliphatic carbocycles. The fraction of sp³-hybridized carbons (Fsp3) is 0.364. The summed E-state index contributed by atoms with van der Waals surface area (Å²) in [6, 6.07) is 7.03. The Labute approximate surface area is 99.0 Å². The lowest BCUT2D eigenvalue weighted by atomic mass is 10.3. The minimum atomic E-state index is -0.835. The molecule has 1 rings (SSSR count). The van der Waals surface area contributed by atoms with E-state index in [9.17, 15) is 4.79 Å². The summed E-state index contributed by atoms with van der Waals surface area (Å²) in [7, 11) is 3.25. The Bertz CT molecular complexity index is 357. The largest absolute Gasteiger partial charge is 0.497 e. The molecule has 0 aliphatic rings. The Morgan fingerprint density at radius 3 is 2.94 bits per heavy atom. The number of carboxylic acids is 1. The van der Waals surface area contributed by atoms with Crippen LogP contribution in [0.1, 0.15) is 0 Å². The van der Waals surface area contributed by atoms with Gasteiger partial charge >= 0.3 is 5.97 Å². The Morgan fingerprint density at radius 2 is 2.38 bits per heavy atom. The quantitative estimate of drug-likeness (QED) is 0.738. The zero-order valence-corrected chi connectivity index (χ0v) is 10.1. The van der Waals surface area contributed by atoms with Crippen molar-refractivity contribution in [2.75, 3.05) is 19.9 Å². The van der Waals surface area contributed by atoms with E-state index in [2.05, 4.69) is 5.32 Å². The number of rotatable bonds is 6. The maximum atomic E-state index is 10.8. The van der Waals surface area contributed by atoms with Gasteiger partial charge in [0, 0.05) is 10.6 Å². The number of likely N-dealkylation sites (N-methyl/N-ethyl adjacent to an activating group) is 1. The Morgan fingerprint density at radius 1 is 1.62 bits per heavy atom. The second kappa shape index (κ2) is 6.40. The summed E-state index contributed by atoms with van der Waals surface area (Å²) in [4.78, 5) is 11.8.